The lowest BCUT2D eigenvalue weighted by atomic mass is 10.1. The van der Waals surface area contributed by atoms with Gasteiger partial charge in [0.05, 0.1) is 24.7 Å². The number of nitriles is 1. The number of fused-ring (bicyclic) bond motifs is 1. The van der Waals surface area contributed by atoms with Crippen LogP contribution in [-0.2, 0) is 11.3 Å². The monoisotopic (exact) mass is 372 g/mol. The van der Waals surface area contributed by atoms with Gasteiger partial charge in [0.2, 0.25) is 5.91 Å². The van der Waals surface area contributed by atoms with Crippen molar-refractivity contribution < 1.29 is 9.53 Å². The van der Waals surface area contributed by atoms with Gasteiger partial charge in [0.25, 0.3) is 0 Å². The Kier molecular flexibility index (Phi) is 5.64. The van der Waals surface area contributed by atoms with Crippen molar-refractivity contribution >= 4 is 22.5 Å². The molecule has 0 radical (unpaired) electrons. The van der Waals surface area contributed by atoms with E-state index in [9.17, 15) is 10.1 Å². The molecule has 6 heteroatoms. The molecule has 6 nitrogen and oxygen atoms in total. The van der Waals surface area contributed by atoms with Crippen molar-refractivity contribution in [2.24, 2.45) is 5.73 Å². The Labute approximate surface area is 163 Å². The van der Waals surface area contributed by atoms with E-state index in [1.807, 2.05) is 41.8 Å². The van der Waals surface area contributed by atoms with Crippen LogP contribution in [0.2, 0.25) is 0 Å². The minimum Gasteiger partial charge on any atom is -0.497 e. The number of carbonyl (C=O) groups is 1. The Morgan fingerprint density at radius 2 is 1.96 bits per heavy atom. The van der Waals surface area contributed by atoms with Crippen molar-refractivity contribution in [3.63, 3.8) is 0 Å². The molecular formula is C22H20N4O2. The molecule has 3 N–H and O–H groups in total. The first kappa shape index (κ1) is 19.0. The standard InChI is InChI=1S/C22H20N4O2/c1-3-26-20(19(13-23)18-10-9-17(28-2)12-21(18)26)11-6-15-4-7-16(8-5-15)25-22(27)14-24/h4-5,7-10,12H,3,14,24H2,1-2H3,(H,25,27). The van der Waals surface area contributed by atoms with E-state index in [-0.39, 0.29) is 12.5 Å². The summed E-state index contributed by atoms with van der Waals surface area (Å²) in [5.41, 5.74) is 8.88. The van der Waals surface area contributed by atoms with Crippen LogP contribution in [0.15, 0.2) is 42.5 Å². The van der Waals surface area contributed by atoms with Gasteiger partial charge < -0.3 is 20.4 Å². The minimum atomic E-state index is -0.250. The number of anilines is 1. The number of aryl methyl sites for hydroxylation is 1. The molecule has 1 aromatic heterocycles. The highest BCUT2D eigenvalue weighted by Gasteiger charge is 2.15. The van der Waals surface area contributed by atoms with E-state index in [1.54, 1.807) is 19.2 Å². The van der Waals surface area contributed by atoms with Crippen molar-refractivity contribution in [2.75, 3.05) is 19.0 Å². The smallest absolute Gasteiger partial charge is 0.238 e. The van der Waals surface area contributed by atoms with E-state index in [2.05, 4.69) is 23.2 Å². The van der Waals surface area contributed by atoms with Crippen molar-refractivity contribution in [1.82, 2.24) is 4.57 Å². The second kappa shape index (κ2) is 8.30. The number of benzene rings is 2. The van der Waals surface area contributed by atoms with Crippen molar-refractivity contribution in [1.29, 1.82) is 5.26 Å². The molecular weight excluding hydrogens is 352 g/mol. The van der Waals surface area contributed by atoms with Gasteiger partial charge in [0, 0.05) is 29.2 Å². The van der Waals surface area contributed by atoms with Crippen LogP contribution in [-0.4, -0.2) is 24.1 Å². The van der Waals surface area contributed by atoms with Crippen LogP contribution in [0.25, 0.3) is 10.9 Å². The quantitative estimate of drug-likeness (QED) is 0.689. The van der Waals surface area contributed by atoms with Gasteiger partial charge >= 0.3 is 0 Å². The molecule has 3 aromatic rings. The number of carbonyl (C=O) groups excluding carboxylic acids is 1. The van der Waals surface area contributed by atoms with Crippen LogP contribution >= 0.6 is 0 Å². The predicted octanol–water partition coefficient (Wildman–Crippen LogP) is 2.84. The Hall–Kier alpha value is -3.74. The lowest BCUT2D eigenvalue weighted by Crippen LogP contribution is -2.21. The number of hydrogen-bond acceptors (Lipinski definition) is 4. The maximum Gasteiger partial charge on any atom is 0.238 e. The van der Waals surface area contributed by atoms with Gasteiger partial charge in [0.15, 0.2) is 0 Å². The first-order chi connectivity index (χ1) is 13.6. The number of ether oxygens (including phenoxy) is 1. The number of nitrogens with one attached hydrogen (secondary N) is 1. The van der Waals surface area contributed by atoms with E-state index in [4.69, 9.17) is 10.5 Å². The first-order valence-corrected chi connectivity index (χ1v) is 8.83. The second-order valence-electron chi connectivity index (χ2n) is 6.04. The average molecular weight is 372 g/mol. The summed E-state index contributed by atoms with van der Waals surface area (Å²) >= 11 is 0. The fourth-order valence-corrected chi connectivity index (χ4v) is 3.01. The molecule has 0 saturated carbocycles. The van der Waals surface area contributed by atoms with Crippen molar-refractivity contribution in [3.05, 3.63) is 59.3 Å². The summed E-state index contributed by atoms with van der Waals surface area (Å²) in [4.78, 5) is 11.3. The molecule has 0 aliphatic rings. The maximum atomic E-state index is 11.3. The molecule has 0 unspecified atom stereocenters. The normalized spacial score (nSPS) is 10.1. The molecule has 0 fully saturated rings. The van der Waals surface area contributed by atoms with Gasteiger partial charge in [0.1, 0.15) is 17.5 Å². The fourth-order valence-electron chi connectivity index (χ4n) is 3.01. The Balaban J connectivity index is 2.01. The Morgan fingerprint density at radius 1 is 1.21 bits per heavy atom. The van der Waals surface area contributed by atoms with E-state index in [0.717, 1.165) is 22.2 Å². The average Bonchev–Trinajstić information content (AvgIpc) is 3.04. The van der Waals surface area contributed by atoms with Crippen LogP contribution in [0.5, 0.6) is 5.75 Å². The molecule has 0 atom stereocenters. The number of aromatic nitrogens is 1. The summed E-state index contributed by atoms with van der Waals surface area (Å²) < 4.78 is 7.32. The molecule has 28 heavy (non-hydrogen) atoms. The number of amides is 1. The molecule has 0 bridgehead atoms. The summed E-state index contributed by atoms with van der Waals surface area (Å²) in [5.74, 6) is 6.73. The van der Waals surface area contributed by atoms with Gasteiger partial charge in [-0.25, -0.2) is 0 Å². The highest BCUT2D eigenvalue weighted by molar-refractivity contribution is 5.92. The molecule has 1 heterocycles. The van der Waals surface area contributed by atoms with Crippen LogP contribution in [0.4, 0.5) is 5.69 Å². The molecule has 140 valence electrons. The Morgan fingerprint density at radius 3 is 2.57 bits per heavy atom. The van der Waals surface area contributed by atoms with Gasteiger partial charge in [-0.1, -0.05) is 5.92 Å². The predicted molar refractivity (Wildman–Crippen MR) is 109 cm³/mol. The largest absolute Gasteiger partial charge is 0.497 e. The second-order valence-corrected chi connectivity index (χ2v) is 6.04. The molecule has 3 rings (SSSR count). The van der Waals surface area contributed by atoms with Gasteiger partial charge in [-0.15, -0.1) is 0 Å². The van der Waals surface area contributed by atoms with E-state index < -0.39 is 0 Å². The molecule has 0 spiro atoms. The Bertz CT molecular complexity index is 1130. The third kappa shape index (κ3) is 3.68. The molecule has 0 aliphatic heterocycles. The summed E-state index contributed by atoms with van der Waals surface area (Å²) in [6.07, 6.45) is 0. The third-order valence-electron chi connectivity index (χ3n) is 4.38. The van der Waals surface area contributed by atoms with Crippen molar-refractivity contribution in [3.8, 4) is 23.7 Å². The zero-order valence-electron chi connectivity index (χ0n) is 15.7. The van der Waals surface area contributed by atoms with Crippen LogP contribution < -0.4 is 15.8 Å². The van der Waals surface area contributed by atoms with Gasteiger partial charge in [-0.2, -0.15) is 5.26 Å². The first-order valence-electron chi connectivity index (χ1n) is 8.83. The number of rotatable bonds is 4. The maximum absolute atomic E-state index is 11.3. The summed E-state index contributed by atoms with van der Waals surface area (Å²) in [7, 11) is 1.62. The number of methoxy groups -OCH3 is 1. The zero-order chi connectivity index (χ0) is 20.1. The highest BCUT2D eigenvalue weighted by Crippen LogP contribution is 2.28. The highest BCUT2D eigenvalue weighted by atomic mass is 16.5. The molecule has 2 aromatic carbocycles. The van der Waals surface area contributed by atoms with Crippen LogP contribution in [0.1, 0.15) is 23.7 Å². The number of nitrogens with two attached hydrogens (primary N) is 1. The van der Waals surface area contributed by atoms with E-state index >= 15 is 0 Å². The lowest BCUT2D eigenvalue weighted by Gasteiger charge is -2.05. The summed E-state index contributed by atoms with van der Waals surface area (Å²) in [6.45, 7) is 2.63. The van der Waals surface area contributed by atoms with Crippen LogP contribution in [0, 0.1) is 23.2 Å². The topological polar surface area (TPSA) is 93.1 Å². The fraction of sp³-hybridized carbons (Fsp3) is 0.182. The summed E-state index contributed by atoms with van der Waals surface area (Å²) in [5, 5.41) is 13.2. The molecule has 0 saturated heterocycles. The van der Waals surface area contributed by atoms with E-state index in [1.165, 1.54) is 0 Å². The lowest BCUT2D eigenvalue weighted by molar-refractivity contribution is -0.114. The van der Waals surface area contributed by atoms with Crippen LogP contribution in [0.3, 0.4) is 0 Å². The molecule has 1 amide bonds. The third-order valence-corrected chi connectivity index (χ3v) is 4.38. The SMILES string of the molecule is CCn1c(C#Cc2ccc(NC(=O)CN)cc2)c(C#N)c2ccc(OC)cc21. The van der Waals surface area contributed by atoms with Gasteiger partial charge in [-0.3, -0.25) is 4.79 Å². The zero-order valence-corrected chi connectivity index (χ0v) is 15.7. The van der Waals surface area contributed by atoms with E-state index in [0.29, 0.717) is 23.5 Å². The number of nitrogens with zero attached hydrogens (tertiary/aromatic N) is 2. The minimum absolute atomic E-state index is 0.0646. The van der Waals surface area contributed by atoms with Crippen molar-refractivity contribution in [2.45, 2.75) is 13.5 Å². The van der Waals surface area contributed by atoms with Gasteiger partial charge in [-0.05, 0) is 49.2 Å². The number of hydrogen-bond donors (Lipinski definition) is 2. The molecule has 0 aliphatic carbocycles. The summed E-state index contributed by atoms with van der Waals surface area (Å²) in [6, 6.07) is 15.1.